The van der Waals surface area contributed by atoms with Gasteiger partial charge in [0.1, 0.15) is 11.9 Å². The largest absolute Gasteiger partial charge is 0.504 e. The lowest BCUT2D eigenvalue weighted by Gasteiger charge is -2.11. The minimum absolute atomic E-state index is 0.130. The number of nitrogens with zero attached hydrogens (tertiary/aromatic N) is 3. The molecule has 9 heteroatoms. The van der Waals surface area contributed by atoms with Crippen molar-refractivity contribution in [1.82, 2.24) is 9.55 Å². The van der Waals surface area contributed by atoms with Crippen molar-refractivity contribution in [2.45, 2.75) is 6.54 Å². The second-order valence-electron chi connectivity index (χ2n) is 6.92. The summed E-state index contributed by atoms with van der Waals surface area (Å²) in [5.74, 6) is -3.13. The van der Waals surface area contributed by atoms with Crippen LogP contribution in [0.15, 0.2) is 65.7 Å². The van der Waals surface area contributed by atoms with Crippen LogP contribution in [-0.2, 0) is 6.54 Å². The van der Waals surface area contributed by atoms with Crippen molar-refractivity contribution in [1.29, 1.82) is 5.26 Å². The number of carbonyl (C=O) groups excluding carboxylic acids is 1. The number of phenols is 1. The van der Waals surface area contributed by atoms with Crippen molar-refractivity contribution in [3.8, 4) is 11.8 Å². The molecule has 2 N–H and O–H groups in total. The molecule has 1 heterocycles. The lowest BCUT2D eigenvalue weighted by atomic mass is 10.1. The van der Waals surface area contributed by atoms with Crippen molar-refractivity contribution in [2.24, 2.45) is 0 Å². The van der Waals surface area contributed by atoms with Gasteiger partial charge in [-0.1, -0.05) is 18.2 Å². The van der Waals surface area contributed by atoms with Gasteiger partial charge >= 0.3 is 0 Å². The van der Waals surface area contributed by atoms with E-state index in [1.807, 2.05) is 0 Å². The summed E-state index contributed by atoms with van der Waals surface area (Å²) in [6.07, 6.45) is 1.36. The third-order valence-corrected chi connectivity index (χ3v) is 4.81. The molecule has 0 saturated heterocycles. The summed E-state index contributed by atoms with van der Waals surface area (Å²) in [7, 11) is 0. The molecule has 0 atom stereocenters. The summed E-state index contributed by atoms with van der Waals surface area (Å²) in [5.41, 5.74) is 0.119. The Bertz CT molecular complexity index is 1460. The molecule has 1 aromatic heterocycles. The Labute approximate surface area is 179 Å². The SMILES string of the molecule is N#Cc1cc(C(=O)Nc2cccc3ncn(Cc4ccc(F)cc4)c(=O)c23)cc(F)c1O. The number of hydrogen-bond donors (Lipinski definition) is 2. The summed E-state index contributed by atoms with van der Waals surface area (Å²) in [6.45, 7) is 0.138. The number of hydrogen-bond acceptors (Lipinski definition) is 5. The monoisotopic (exact) mass is 432 g/mol. The third-order valence-electron chi connectivity index (χ3n) is 4.81. The molecule has 3 aromatic carbocycles. The predicted molar refractivity (Wildman–Crippen MR) is 112 cm³/mol. The Balaban J connectivity index is 1.72. The third kappa shape index (κ3) is 3.89. The molecule has 32 heavy (non-hydrogen) atoms. The van der Waals surface area contributed by atoms with Gasteiger partial charge in [0, 0.05) is 5.56 Å². The van der Waals surface area contributed by atoms with Crippen molar-refractivity contribution in [3.63, 3.8) is 0 Å². The number of carbonyl (C=O) groups is 1. The molecule has 0 saturated carbocycles. The Kier molecular flexibility index (Phi) is 5.35. The average Bonchev–Trinajstić information content (AvgIpc) is 2.79. The summed E-state index contributed by atoms with van der Waals surface area (Å²) < 4.78 is 28.3. The van der Waals surface area contributed by atoms with E-state index in [1.165, 1.54) is 29.1 Å². The van der Waals surface area contributed by atoms with E-state index in [0.717, 1.165) is 12.1 Å². The van der Waals surface area contributed by atoms with Crippen LogP contribution in [0, 0.1) is 23.0 Å². The second-order valence-corrected chi connectivity index (χ2v) is 6.92. The van der Waals surface area contributed by atoms with Crippen LogP contribution in [0.2, 0.25) is 0 Å². The smallest absolute Gasteiger partial charge is 0.263 e. The van der Waals surface area contributed by atoms with Gasteiger partial charge in [-0.05, 0) is 42.0 Å². The Hall–Kier alpha value is -4.58. The van der Waals surface area contributed by atoms with Crippen LogP contribution in [-0.4, -0.2) is 20.6 Å². The van der Waals surface area contributed by atoms with Gasteiger partial charge in [-0.15, -0.1) is 0 Å². The lowest BCUT2D eigenvalue weighted by Crippen LogP contribution is -2.23. The number of nitriles is 1. The van der Waals surface area contributed by atoms with Crippen LogP contribution in [0.3, 0.4) is 0 Å². The molecule has 0 fully saturated rings. The number of phenolic OH excluding ortho intramolecular Hbond substituents is 1. The summed E-state index contributed by atoms with van der Waals surface area (Å²) in [5, 5.41) is 21.2. The fourth-order valence-electron chi connectivity index (χ4n) is 3.21. The zero-order valence-corrected chi connectivity index (χ0v) is 16.3. The van der Waals surface area contributed by atoms with Crippen LogP contribution in [0.25, 0.3) is 10.9 Å². The van der Waals surface area contributed by atoms with E-state index in [9.17, 15) is 23.5 Å². The van der Waals surface area contributed by atoms with Gasteiger partial charge in [0.15, 0.2) is 11.6 Å². The number of nitrogens with one attached hydrogen (secondary N) is 1. The van der Waals surface area contributed by atoms with Crippen LogP contribution >= 0.6 is 0 Å². The molecule has 0 unspecified atom stereocenters. The van der Waals surface area contributed by atoms with Crippen molar-refractivity contribution in [3.05, 3.63) is 99.6 Å². The maximum atomic E-state index is 13.9. The second kappa shape index (κ2) is 8.28. The molecule has 0 aliphatic heterocycles. The summed E-state index contributed by atoms with van der Waals surface area (Å²) >= 11 is 0. The molecule has 4 aromatic rings. The normalized spacial score (nSPS) is 10.7. The van der Waals surface area contributed by atoms with Gasteiger partial charge in [-0.3, -0.25) is 14.2 Å². The fraction of sp³-hybridized carbons (Fsp3) is 0.0435. The molecule has 0 aliphatic carbocycles. The minimum Gasteiger partial charge on any atom is -0.504 e. The van der Waals surface area contributed by atoms with Gasteiger partial charge in [0.05, 0.1) is 35.0 Å². The van der Waals surface area contributed by atoms with E-state index in [1.54, 1.807) is 30.3 Å². The van der Waals surface area contributed by atoms with Gasteiger partial charge in [0.25, 0.3) is 11.5 Å². The fourth-order valence-corrected chi connectivity index (χ4v) is 3.21. The Morgan fingerprint density at radius 2 is 1.91 bits per heavy atom. The van der Waals surface area contributed by atoms with Crippen LogP contribution < -0.4 is 10.9 Å². The van der Waals surface area contributed by atoms with E-state index in [2.05, 4.69) is 10.3 Å². The molecule has 158 valence electrons. The van der Waals surface area contributed by atoms with Crippen molar-refractivity contribution < 1.29 is 18.7 Å². The van der Waals surface area contributed by atoms with E-state index in [0.29, 0.717) is 11.1 Å². The van der Waals surface area contributed by atoms with E-state index < -0.39 is 34.4 Å². The molecule has 0 aliphatic rings. The highest BCUT2D eigenvalue weighted by Gasteiger charge is 2.17. The van der Waals surface area contributed by atoms with Crippen molar-refractivity contribution >= 4 is 22.5 Å². The highest BCUT2D eigenvalue weighted by Crippen LogP contribution is 2.24. The number of rotatable bonds is 4. The van der Waals surface area contributed by atoms with E-state index >= 15 is 0 Å². The van der Waals surface area contributed by atoms with Gasteiger partial charge < -0.3 is 10.4 Å². The first-order valence-corrected chi connectivity index (χ1v) is 9.34. The topological polar surface area (TPSA) is 108 Å². The number of anilines is 1. The molecule has 0 bridgehead atoms. The highest BCUT2D eigenvalue weighted by molar-refractivity contribution is 6.08. The summed E-state index contributed by atoms with van der Waals surface area (Å²) in [4.78, 5) is 30.0. The number of halogens is 2. The number of amides is 1. The Morgan fingerprint density at radius 1 is 1.16 bits per heavy atom. The zero-order valence-electron chi connectivity index (χ0n) is 16.3. The Morgan fingerprint density at radius 3 is 2.62 bits per heavy atom. The zero-order chi connectivity index (χ0) is 22.8. The lowest BCUT2D eigenvalue weighted by molar-refractivity contribution is 0.102. The van der Waals surface area contributed by atoms with Crippen LogP contribution in [0.4, 0.5) is 14.5 Å². The number of benzene rings is 3. The first-order chi connectivity index (χ1) is 15.4. The summed E-state index contributed by atoms with van der Waals surface area (Å²) in [6, 6.07) is 13.8. The van der Waals surface area contributed by atoms with Gasteiger partial charge in [-0.2, -0.15) is 5.26 Å². The average molecular weight is 432 g/mol. The minimum atomic E-state index is -1.12. The maximum Gasteiger partial charge on any atom is 0.263 e. The number of aromatic hydroxyl groups is 1. The predicted octanol–water partition coefficient (Wildman–Crippen LogP) is 3.55. The number of aromatic nitrogens is 2. The molecule has 0 radical (unpaired) electrons. The maximum absolute atomic E-state index is 13.9. The molecular formula is C23H14F2N4O3. The molecular weight excluding hydrogens is 418 g/mol. The first kappa shape index (κ1) is 20.7. The molecule has 1 amide bonds. The van der Waals surface area contributed by atoms with Crippen LogP contribution in [0.5, 0.6) is 5.75 Å². The molecule has 0 spiro atoms. The van der Waals surface area contributed by atoms with Gasteiger partial charge in [-0.25, -0.2) is 13.8 Å². The first-order valence-electron chi connectivity index (χ1n) is 9.34. The quantitative estimate of drug-likeness (QED) is 0.513. The molecule has 7 nitrogen and oxygen atoms in total. The number of fused-ring (bicyclic) bond motifs is 1. The van der Waals surface area contributed by atoms with E-state index in [4.69, 9.17) is 5.26 Å². The van der Waals surface area contributed by atoms with E-state index in [-0.39, 0.29) is 23.2 Å². The van der Waals surface area contributed by atoms with Crippen LogP contribution in [0.1, 0.15) is 21.5 Å². The van der Waals surface area contributed by atoms with Crippen molar-refractivity contribution in [2.75, 3.05) is 5.32 Å². The van der Waals surface area contributed by atoms with Gasteiger partial charge in [0.2, 0.25) is 0 Å². The standard InChI is InChI=1S/C23H14F2N4O3/c24-16-6-4-13(5-7-16)11-29-12-27-18-2-1-3-19(20(18)23(29)32)28-22(31)14-8-15(10-26)21(30)17(25)9-14/h1-9,12,30H,11H2,(H,28,31). The molecule has 4 rings (SSSR count). The highest BCUT2D eigenvalue weighted by atomic mass is 19.1.